The van der Waals surface area contributed by atoms with Crippen LogP contribution in [-0.4, -0.2) is 33.5 Å². The largest absolute Gasteiger partial charge is 0.497 e. The summed E-state index contributed by atoms with van der Waals surface area (Å²) in [7, 11) is 3.34. The van der Waals surface area contributed by atoms with Crippen LogP contribution in [0.3, 0.4) is 0 Å². The minimum atomic E-state index is 0.231. The fourth-order valence-electron chi connectivity index (χ4n) is 2.00. The first-order valence-electron chi connectivity index (χ1n) is 7.15. The van der Waals surface area contributed by atoms with E-state index < -0.39 is 0 Å². The smallest absolute Gasteiger partial charge is 0.127 e. The molecule has 0 saturated carbocycles. The van der Waals surface area contributed by atoms with Gasteiger partial charge in [0.05, 0.1) is 20.3 Å². The Hall–Kier alpha value is -1.26. The molecule has 0 amide bonds. The van der Waals surface area contributed by atoms with Crippen molar-refractivity contribution in [1.29, 1.82) is 0 Å². The van der Waals surface area contributed by atoms with Crippen molar-refractivity contribution >= 4 is 0 Å². The van der Waals surface area contributed by atoms with Crippen molar-refractivity contribution in [1.82, 2.24) is 5.32 Å². The van der Waals surface area contributed by atoms with Crippen LogP contribution in [0.25, 0.3) is 0 Å². The van der Waals surface area contributed by atoms with E-state index in [0.29, 0.717) is 6.10 Å². The van der Waals surface area contributed by atoms with Crippen LogP contribution in [0.5, 0.6) is 11.5 Å². The molecule has 114 valence electrons. The summed E-state index contributed by atoms with van der Waals surface area (Å²) in [5.41, 5.74) is 1.14. The molecule has 4 heteroatoms. The monoisotopic (exact) mass is 281 g/mol. The third kappa shape index (κ3) is 5.39. The molecule has 1 aromatic carbocycles. The molecule has 20 heavy (non-hydrogen) atoms. The third-order valence-corrected chi connectivity index (χ3v) is 3.13. The van der Waals surface area contributed by atoms with Gasteiger partial charge >= 0.3 is 0 Å². The van der Waals surface area contributed by atoms with Crippen molar-refractivity contribution in [2.45, 2.75) is 39.3 Å². The Morgan fingerprint density at radius 3 is 2.45 bits per heavy atom. The van der Waals surface area contributed by atoms with Crippen LogP contribution in [-0.2, 0) is 4.74 Å². The first kappa shape index (κ1) is 16.8. The van der Waals surface area contributed by atoms with Gasteiger partial charge in [-0.1, -0.05) is 6.07 Å². The van der Waals surface area contributed by atoms with E-state index in [9.17, 15) is 0 Å². The normalized spacial score (nSPS) is 12.5. The highest BCUT2D eigenvalue weighted by Crippen LogP contribution is 2.29. The highest BCUT2D eigenvalue weighted by atomic mass is 16.5. The van der Waals surface area contributed by atoms with Crippen molar-refractivity contribution < 1.29 is 14.2 Å². The van der Waals surface area contributed by atoms with Crippen molar-refractivity contribution in [3.8, 4) is 11.5 Å². The van der Waals surface area contributed by atoms with Gasteiger partial charge in [-0.15, -0.1) is 0 Å². The number of methoxy groups -OCH3 is 2. The fourth-order valence-corrected chi connectivity index (χ4v) is 2.00. The molecule has 0 aliphatic heterocycles. The molecule has 0 aliphatic rings. The second-order valence-electron chi connectivity index (χ2n) is 5.06. The van der Waals surface area contributed by atoms with E-state index in [1.807, 2.05) is 18.2 Å². The Kier molecular flexibility index (Phi) is 7.41. The average Bonchev–Trinajstić information content (AvgIpc) is 2.45. The summed E-state index contributed by atoms with van der Waals surface area (Å²) >= 11 is 0. The molecule has 0 aliphatic carbocycles. The lowest BCUT2D eigenvalue weighted by Gasteiger charge is -2.18. The molecule has 0 saturated heterocycles. The lowest BCUT2D eigenvalue weighted by atomic mass is 10.1. The summed E-state index contributed by atoms with van der Waals surface area (Å²) in [6.07, 6.45) is 1.30. The van der Waals surface area contributed by atoms with Gasteiger partial charge in [-0.05, 0) is 39.8 Å². The van der Waals surface area contributed by atoms with Crippen LogP contribution in [0.2, 0.25) is 0 Å². The zero-order valence-corrected chi connectivity index (χ0v) is 13.2. The van der Waals surface area contributed by atoms with E-state index in [4.69, 9.17) is 14.2 Å². The van der Waals surface area contributed by atoms with Crippen molar-refractivity contribution in [3.05, 3.63) is 23.8 Å². The van der Waals surface area contributed by atoms with Gasteiger partial charge in [-0.25, -0.2) is 0 Å². The summed E-state index contributed by atoms with van der Waals surface area (Å²) in [4.78, 5) is 0. The first-order valence-corrected chi connectivity index (χ1v) is 7.15. The van der Waals surface area contributed by atoms with E-state index in [1.54, 1.807) is 14.2 Å². The number of benzene rings is 1. The Morgan fingerprint density at radius 2 is 1.85 bits per heavy atom. The van der Waals surface area contributed by atoms with Crippen LogP contribution < -0.4 is 14.8 Å². The topological polar surface area (TPSA) is 39.7 Å². The number of hydrogen-bond acceptors (Lipinski definition) is 4. The zero-order valence-electron chi connectivity index (χ0n) is 13.2. The van der Waals surface area contributed by atoms with E-state index >= 15 is 0 Å². The van der Waals surface area contributed by atoms with Crippen LogP contribution in [0.1, 0.15) is 38.8 Å². The molecular formula is C16H27NO3. The Morgan fingerprint density at radius 1 is 1.10 bits per heavy atom. The molecule has 1 aromatic rings. The highest BCUT2D eigenvalue weighted by molar-refractivity contribution is 5.42. The highest BCUT2D eigenvalue weighted by Gasteiger charge is 2.11. The minimum absolute atomic E-state index is 0.231. The maximum Gasteiger partial charge on any atom is 0.127 e. The van der Waals surface area contributed by atoms with Crippen LogP contribution in [0, 0.1) is 0 Å². The zero-order chi connectivity index (χ0) is 15.0. The predicted molar refractivity (Wildman–Crippen MR) is 81.7 cm³/mol. The number of nitrogens with one attached hydrogen (secondary N) is 1. The predicted octanol–water partition coefficient (Wildman–Crippen LogP) is 3.17. The van der Waals surface area contributed by atoms with E-state index in [2.05, 4.69) is 26.1 Å². The van der Waals surface area contributed by atoms with Gasteiger partial charge in [0.1, 0.15) is 11.5 Å². The molecule has 0 radical (unpaired) electrons. The van der Waals surface area contributed by atoms with Gasteiger partial charge in [0.15, 0.2) is 0 Å². The molecule has 0 spiro atoms. The van der Waals surface area contributed by atoms with Gasteiger partial charge < -0.3 is 19.5 Å². The summed E-state index contributed by atoms with van der Waals surface area (Å²) < 4.78 is 16.2. The number of hydrogen-bond donors (Lipinski definition) is 1. The molecule has 4 nitrogen and oxygen atoms in total. The molecule has 0 fully saturated rings. The van der Waals surface area contributed by atoms with Gasteiger partial charge in [0.2, 0.25) is 0 Å². The molecule has 0 bridgehead atoms. The van der Waals surface area contributed by atoms with Crippen molar-refractivity contribution in [2.24, 2.45) is 0 Å². The van der Waals surface area contributed by atoms with E-state index in [0.717, 1.165) is 36.6 Å². The molecular weight excluding hydrogens is 254 g/mol. The van der Waals surface area contributed by atoms with Crippen molar-refractivity contribution in [2.75, 3.05) is 27.4 Å². The standard InChI is InChI=1S/C16H27NO3/c1-12(2)20-10-6-9-17-13(3)15-8-7-14(18-4)11-16(15)19-5/h7-8,11-13,17H,6,9-10H2,1-5H3. The van der Waals surface area contributed by atoms with Gasteiger partial charge in [-0.2, -0.15) is 0 Å². The molecule has 1 unspecified atom stereocenters. The van der Waals surface area contributed by atoms with Crippen LogP contribution in [0.4, 0.5) is 0 Å². The Balaban J connectivity index is 2.48. The maximum atomic E-state index is 5.52. The average molecular weight is 281 g/mol. The van der Waals surface area contributed by atoms with Crippen molar-refractivity contribution in [3.63, 3.8) is 0 Å². The van der Waals surface area contributed by atoms with Gasteiger partial charge in [0, 0.05) is 24.3 Å². The van der Waals surface area contributed by atoms with Crippen LogP contribution in [0.15, 0.2) is 18.2 Å². The Bertz CT molecular complexity index is 393. The van der Waals surface area contributed by atoms with Gasteiger partial charge in [-0.3, -0.25) is 0 Å². The maximum absolute atomic E-state index is 5.52. The summed E-state index contributed by atoms with van der Waals surface area (Å²) in [5.74, 6) is 1.66. The molecule has 1 atom stereocenters. The minimum Gasteiger partial charge on any atom is -0.497 e. The summed E-state index contributed by atoms with van der Waals surface area (Å²) in [5, 5.41) is 3.48. The first-order chi connectivity index (χ1) is 9.58. The fraction of sp³-hybridized carbons (Fsp3) is 0.625. The summed E-state index contributed by atoms with van der Waals surface area (Å²) in [6.45, 7) is 7.95. The number of ether oxygens (including phenoxy) is 3. The lowest BCUT2D eigenvalue weighted by Crippen LogP contribution is -2.22. The third-order valence-electron chi connectivity index (χ3n) is 3.13. The second kappa shape index (κ2) is 8.82. The van der Waals surface area contributed by atoms with Crippen LogP contribution >= 0.6 is 0 Å². The quantitative estimate of drug-likeness (QED) is 0.706. The van der Waals surface area contributed by atoms with Gasteiger partial charge in [0.25, 0.3) is 0 Å². The molecule has 1 rings (SSSR count). The molecule has 1 N–H and O–H groups in total. The van der Waals surface area contributed by atoms with E-state index in [1.165, 1.54) is 0 Å². The SMILES string of the molecule is COc1ccc(C(C)NCCCOC(C)C)c(OC)c1. The Labute approximate surface area is 122 Å². The molecule has 0 aromatic heterocycles. The second-order valence-corrected chi connectivity index (χ2v) is 5.06. The molecule has 0 heterocycles. The van der Waals surface area contributed by atoms with E-state index in [-0.39, 0.29) is 6.04 Å². The summed E-state index contributed by atoms with van der Waals surface area (Å²) in [6, 6.07) is 6.14. The number of rotatable bonds is 9. The lowest BCUT2D eigenvalue weighted by molar-refractivity contribution is 0.0768.